The van der Waals surface area contributed by atoms with Gasteiger partial charge in [-0.05, 0) is 40.2 Å². The molecule has 1 amide bonds. The number of likely N-dealkylation sites (tertiary alicyclic amines) is 1. The molecule has 0 saturated carbocycles. The van der Waals surface area contributed by atoms with Crippen LogP contribution in [0.15, 0.2) is 0 Å². The predicted octanol–water partition coefficient (Wildman–Crippen LogP) is 0.329. The average molecular weight is 274 g/mol. The highest BCUT2D eigenvalue weighted by molar-refractivity contribution is 5.68. The van der Waals surface area contributed by atoms with Crippen molar-refractivity contribution in [2.45, 2.75) is 51.4 Å². The number of hydrogen-bond donors (Lipinski definition) is 3. The van der Waals surface area contributed by atoms with E-state index in [0.29, 0.717) is 19.5 Å². The Morgan fingerprint density at radius 2 is 1.95 bits per heavy atom. The minimum atomic E-state index is -0.454. The number of aliphatic hydroxyl groups is 2. The highest BCUT2D eigenvalue weighted by Gasteiger charge is 2.28. The summed E-state index contributed by atoms with van der Waals surface area (Å²) < 4.78 is 5.15. The maximum Gasteiger partial charge on any atom is 0.410 e. The summed E-state index contributed by atoms with van der Waals surface area (Å²) >= 11 is 0. The molecule has 6 nitrogen and oxygen atoms in total. The fraction of sp³-hybridized carbons (Fsp3) is 0.923. The van der Waals surface area contributed by atoms with Crippen molar-refractivity contribution in [1.82, 2.24) is 10.2 Å². The van der Waals surface area contributed by atoms with Crippen LogP contribution in [-0.4, -0.2) is 65.2 Å². The SMILES string of the molecule is CC(C)(C)OC(=O)N1CC[C@@H](O)C1.O[C@@H]1CCNC1. The summed E-state index contributed by atoms with van der Waals surface area (Å²) in [7, 11) is 0. The van der Waals surface area contributed by atoms with Gasteiger partial charge >= 0.3 is 6.09 Å². The molecular weight excluding hydrogens is 248 g/mol. The molecule has 6 heteroatoms. The van der Waals surface area contributed by atoms with Crippen LogP contribution in [0.2, 0.25) is 0 Å². The number of carbonyl (C=O) groups excluding carboxylic acids is 1. The molecular formula is C13H26N2O4. The van der Waals surface area contributed by atoms with Gasteiger partial charge in [0, 0.05) is 19.6 Å². The van der Waals surface area contributed by atoms with Crippen molar-refractivity contribution in [1.29, 1.82) is 0 Å². The largest absolute Gasteiger partial charge is 0.444 e. The molecule has 0 aliphatic carbocycles. The number of nitrogens with one attached hydrogen (secondary N) is 1. The van der Waals surface area contributed by atoms with Gasteiger partial charge in [0.2, 0.25) is 0 Å². The minimum Gasteiger partial charge on any atom is -0.444 e. The summed E-state index contributed by atoms with van der Waals surface area (Å²) in [6, 6.07) is 0. The number of hydrogen-bond acceptors (Lipinski definition) is 5. The molecule has 112 valence electrons. The fourth-order valence-corrected chi connectivity index (χ4v) is 1.87. The molecule has 2 rings (SSSR count). The summed E-state index contributed by atoms with van der Waals surface area (Å²) in [4.78, 5) is 12.9. The van der Waals surface area contributed by atoms with Gasteiger partial charge in [0.25, 0.3) is 0 Å². The van der Waals surface area contributed by atoms with Gasteiger partial charge in [0.05, 0.1) is 12.2 Å². The van der Waals surface area contributed by atoms with Gasteiger partial charge in [-0.2, -0.15) is 0 Å². The van der Waals surface area contributed by atoms with Crippen molar-refractivity contribution in [3.05, 3.63) is 0 Å². The summed E-state index contributed by atoms with van der Waals surface area (Å²) in [5.74, 6) is 0. The number of ether oxygens (including phenoxy) is 1. The number of aliphatic hydroxyl groups excluding tert-OH is 2. The molecule has 2 heterocycles. The Morgan fingerprint density at radius 1 is 1.26 bits per heavy atom. The van der Waals surface area contributed by atoms with Gasteiger partial charge in [-0.15, -0.1) is 0 Å². The van der Waals surface area contributed by atoms with Crippen LogP contribution >= 0.6 is 0 Å². The van der Waals surface area contributed by atoms with Crippen LogP contribution in [0.1, 0.15) is 33.6 Å². The van der Waals surface area contributed by atoms with Gasteiger partial charge in [-0.3, -0.25) is 0 Å². The highest BCUT2D eigenvalue weighted by atomic mass is 16.6. The minimum absolute atomic E-state index is 0.0648. The smallest absolute Gasteiger partial charge is 0.410 e. The first-order chi connectivity index (χ1) is 8.78. The van der Waals surface area contributed by atoms with Gasteiger partial charge < -0.3 is 25.2 Å². The topological polar surface area (TPSA) is 82.0 Å². The Hall–Kier alpha value is -0.850. The average Bonchev–Trinajstić information content (AvgIpc) is 2.88. The lowest BCUT2D eigenvalue weighted by atomic mass is 10.2. The van der Waals surface area contributed by atoms with E-state index >= 15 is 0 Å². The van der Waals surface area contributed by atoms with E-state index in [1.165, 1.54) is 4.90 Å². The lowest BCUT2D eigenvalue weighted by molar-refractivity contribution is 0.0270. The third-order valence-corrected chi connectivity index (χ3v) is 2.85. The molecule has 2 aliphatic rings. The molecule has 2 aliphatic heterocycles. The number of nitrogens with zero attached hydrogens (tertiary/aromatic N) is 1. The van der Waals surface area contributed by atoms with Crippen LogP contribution in [0.4, 0.5) is 4.79 Å². The molecule has 0 aromatic rings. The van der Waals surface area contributed by atoms with Crippen LogP contribution in [-0.2, 0) is 4.74 Å². The monoisotopic (exact) mass is 274 g/mol. The van der Waals surface area contributed by atoms with Crippen molar-refractivity contribution in [2.75, 3.05) is 26.2 Å². The third-order valence-electron chi connectivity index (χ3n) is 2.85. The highest BCUT2D eigenvalue weighted by Crippen LogP contribution is 2.14. The molecule has 3 N–H and O–H groups in total. The van der Waals surface area contributed by atoms with Crippen molar-refractivity contribution < 1.29 is 19.7 Å². The van der Waals surface area contributed by atoms with Gasteiger partial charge in [-0.1, -0.05) is 0 Å². The molecule has 2 fully saturated rings. The second kappa shape index (κ2) is 7.07. The first-order valence-corrected chi connectivity index (χ1v) is 6.82. The number of rotatable bonds is 0. The lowest BCUT2D eigenvalue weighted by Crippen LogP contribution is -2.35. The second-order valence-corrected chi connectivity index (χ2v) is 6.02. The molecule has 2 atom stereocenters. The van der Waals surface area contributed by atoms with Gasteiger partial charge in [0.1, 0.15) is 5.60 Å². The predicted molar refractivity (Wildman–Crippen MR) is 71.9 cm³/mol. The Labute approximate surface area is 114 Å². The zero-order valence-electron chi connectivity index (χ0n) is 12.1. The maximum absolute atomic E-state index is 11.4. The van der Waals surface area contributed by atoms with Gasteiger partial charge in [0.15, 0.2) is 0 Å². The molecule has 0 spiro atoms. The zero-order chi connectivity index (χ0) is 14.5. The fourth-order valence-electron chi connectivity index (χ4n) is 1.87. The quantitative estimate of drug-likeness (QED) is 0.593. The van der Waals surface area contributed by atoms with Crippen molar-refractivity contribution >= 4 is 6.09 Å². The van der Waals surface area contributed by atoms with Crippen LogP contribution in [0, 0.1) is 0 Å². The van der Waals surface area contributed by atoms with E-state index in [2.05, 4.69) is 5.32 Å². The van der Waals surface area contributed by atoms with E-state index in [9.17, 15) is 9.90 Å². The summed E-state index contributed by atoms with van der Waals surface area (Å²) in [6.07, 6.45) is 0.806. The molecule has 0 aromatic heterocycles. The second-order valence-electron chi connectivity index (χ2n) is 6.02. The molecule has 0 radical (unpaired) electrons. The van der Waals surface area contributed by atoms with E-state index in [-0.39, 0.29) is 18.3 Å². The van der Waals surface area contributed by atoms with Crippen molar-refractivity contribution in [3.8, 4) is 0 Å². The van der Waals surface area contributed by atoms with Gasteiger partial charge in [-0.25, -0.2) is 4.79 Å². The molecule has 0 unspecified atom stereocenters. The van der Waals surface area contributed by atoms with E-state index in [0.717, 1.165) is 19.5 Å². The van der Waals surface area contributed by atoms with Crippen molar-refractivity contribution in [2.24, 2.45) is 0 Å². The molecule has 19 heavy (non-hydrogen) atoms. The van der Waals surface area contributed by atoms with Crippen LogP contribution < -0.4 is 5.32 Å². The van der Waals surface area contributed by atoms with Crippen LogP contribution in [0.3, 0.4) is 0 Å². The first-order valence-electron chi connectivity index (χ1n) is 6.82. The Morgan fingerprint density at radius 3 is 2.26 bits per heavy atom. The third kappa shape index (κ3) is 6.75. The lowest BCUT2D eigenvalue weighted by Gasteiger charge is -2.24. The zero-order valence-corrected chi connectivity index (χ0v) is 12.1. The van der Waals surface area contributed by atoms with E-state index in [1.807, 2.05) is 20.8 Å². The molecule has 2 saturated heterocycles. The Balaban J connectivity index is 0.000000250. The summed E-state index contributed by atoms with van der Waals surface area (Å²) in [5.41, 5.74) is -0.454. The Kier molecular flexibility index (Phi) is 6.03. The number of β-amino-alcohol motifs (C(OH)–C–C–N with tert-alkyl or cyclic N) is 2. The van der Waals surface area contributed by atoms with E-state index in [4.69, 9.17) is 9.84 Å². The standard InChI is InChI=1S/C9H17NO3.C4H9NO/c1-9(2,3)13-8(12)10-5-4-7(11)6-10;6-4-1-2-5-3-4/h7,11H,4-6H2,1-3H3;4-6H,1-3H2/t7-;4-/m11/s1. The van der Waals surface area contributed by atoms with E-state index in [1.54, 1.807) is 0 Å². The van der Waals surface area contributed by atoms with Crippen LogP contribution in [0.25, 0.3) is 0 Å². The van der Waals surface area contributed by atoms with E-state index < -0.39 is 5.60 Å². The Bertz CT molecular complexity index is 285. The van der Waals surface area contributed by atoms with Crippen molar-refractivity contribution in [3.63, 3.8) is 0 Å². The normalized spacial score (nSPS) is 26.9. The van der Waals surface area contributed by atoms with Crippen LogP contribution in [0.5, 0.6) is 0 Å². The summed E-state index contributed by atoms with van der Waals surface area (Å²) in [5, 5.41) is 20.9. The number of amides is 1. The maximum atomic E-state index is 11.4. The first kappa shape index (κ1) is 16.2. The number of carbonyl (C=O) groups is 1. The molecule has 0 bridgehead atoms. The molecule has 0 aromatic carbocycles. The summed E-state index contributed by atoms with van der Waals surface area (Å²) in [6.45, 7) is 8.26.